The van der Waals surface area contributed by atoms with Crippen molar-refractivity contribution in [3.05, 3.63) is 6.07 Å². The lowest BCUT2D eigenvalue weighted by Crippen LogP contribution is -2.43. The third-order valence-electron chi connectivity index (χ3n) is 4.85. The summed E-state index contributed by atoms with van der Waals surface area (Å²) in [6, 6.07) is 2.59. The number of nitrogens with one attached hydrogen (secondary N) is 2. The van der Waals surface area contributed by atoms with E-state index in [-0.39, 0.29) is 5.54 Å². The van der Waals surface area contributed by atoms with Gasteiger partial charge in [0.15, 0.2) is 5.11 Å². The number of rotatable bonds is 3. The molecule has 0 unspecified atom stereocenters. The number of morpholine rings is 1. The third kappa shape index (κ3) is 5.65. The van der Waals surface area contributed by atoms with Crippen LogP contribution in [0.25, 0.3) is 0 Å². The van der Waals surface area contributed by atoms with Crippen molar-refractivity contribution < 1.29 is 4.74 Å². The fourth-order valence-electron chi connectivity index (χ4n) is 3.49. The summed E-state index contributed by atoms with van der Waals surface area (Å²) < 4.78 is 5.49. The number of aromatic nitrogens is 2. The maximum atomic E-state index is 5.49. The Labute approximate surface area is 167 Å². The molecule has 0 aromatic carbocycles. The first-order valence-corrected chi connectivity index (χ1v) is 10.3. The fourth-order valence-corrected chi connectivity index (χ4v) is 3.89. The van der Waals surface area contributed by atoms with Crippen molar-refractivity contribution in [1.29, 1.82) is 0 Å². The summed E-state index contributed by atoms with van der Waals surface area (Å²) in [5, 5.41) is 6.99. The molecule has 0 spiro atoms. The van der Waals surface area contributed by atoms with Crippen molar-refractivity contribution in [2.24, 2.45) is 0 Å². The molecule has 2 fully saturated rings. The van der Waals surface area contributed by atoms with Crippen LogP contribution in [-0.4, -0.2) is 59.5 Å². The van der Waals surface area contributed by atoms with Crippen molar-refractivity contribution in [1.82, 2.24) is 15.3 Å². The lowest BCUT2D eigenvalue weighted by molar-refractivity contribution is 0.122. The number of hydrogen-bond donors (Lipinski definition) is 2. The molecular weight excluding hydrogens is 360 g/mol. The molecule has 2 N–H and O–H groups in total. The maximum absolute atomic E-state index is 5.49. The second-order valence-corrected chi connectivity index (χ2v) is 8.78. The van der Waals surface area contributed by atoms with Gasteiger partial charge in [0.1, 0.15) is 11.6 Å². The number of hydrogen-bond acceptors (Lipinski definition) is 6. The van der Waals surface area contributed by atoms with E-state index < -0.39 is 0 Å². The maximum Gasteiger partial charge on any atom is 0.232 e. The molecule has 0 saturated carbocycles. The van der Waals surface area contributed by atoms with Gasteiger partial charge in [-0.2, -0.15) is 9.97 Å². The summed E-state index contributed by atoms with van der Waals surface area (Å²) in [5.41, 5.74) is -0.115. The zero-order chi connectivity index (χ0) is 19.4. The molecule has 0 aliphatic carbocycles. The van der Waals surface area contributed by atoms with Gasteiger partial charge >= 0.3 is 0 Å². The number of nitrogens with zero attached hydrogens (tertiary/aromatic N) is 4. The highest BCUT2D eigenvalue weighted by molar-refractivity contribution is 7.80. The first-order chi connectivity index (χ1) is 12.8. The highest BCUT2D eigenvalue weighted by Gasteiger charge is 2.23. The predicted octanol–water partition coefficient (Wildman–Crippen LogP) is 2.78. The fraction of sp³-hybridized carbons (Fsp3) is 0.737. The number of ether oxygens (including phenoxy) is 1. The molecule has 0 bridgehead atoms. The average Bonchev–Trinajstić information content (AvgIpc) is 2.61. The minimum atomic E-state index is -0.115. The Morgan fingerprint density at radius 2 is 1.85 bits per heavy atom. The molecule has 8 heteroatoms. The smallest absolute Gasteiger partial charge is 0.232 e. The second kappa shape index (κ2) is 8.56. The van der Waals surface area contributed by atoms with Gasteiger partial charge in [-0.15, -0.1) is 0 Å². The van der Waals surface area contributed by atoms with Crippen LogP contribution in [0.3, 0.4) is 0 Å². The number of anilines is 3. The highest BCUT2D eigenvalue weighted by atomic mass is 32.1. The Hall–Kier alpha value is -1.67. The van der Waals surface area contributed by atoms with Gasteiger partial charge in [0, 0.05) is 37.3 Å². The zero-order valence-corrected chi connectivity index (χ0v) is 17.7. The minimum absolute atomic E-state index is 0.115. The average molecular weight is 393 g/mol. The minimum Gasteiger partial charge on any atom is -0.378 e. The van der Waals surface area contributed by atoms with Crippen molar-refractivity contribution in [3.8, 4) is 0 Å². The molecule has 7 nitrogen and oxygen atoms in total. The topological polar surface area (TPSA) is 65.6 Å². The molecule has 1 aromatic heterocycles. The first kappa shape index (κ1) is 20.1. The van der Waals surface area contributed by atoms with Crippen LogP contribution >= 0.6 is 12.2 Å². The van der Waals surface area contributed by atoms with Crippen molar-refractivity contribution >= 4 is 34.9 Å². The Morgan fingerprint density at radius 3 is 2.52 bits per heavy atom. The molecule has 3 heterocycles. The Morgan fingerprint density at radius 1 is 1.15 bits per heavy atom. The summed E-state index contributed by atoms with van der Waals surface area (Å²) in [4.78, 5) is 14.2. The van der Waals surface area contributed by atoms with Crippen LogP contribution in [0.5, 0.6) is 0 Å². The molecule has 150 valence electrons. The van der Waals surface area contributed by atoms with Crippen molar-refractivity contribution in [3.63, 3.8) is 0 Å². The summed E-state index contributed by atoms with van der Waals surface area (Å²) in [6.45, 7) is 12.7. The van der Waals surface area contributed by atoms with Gasteiger partial charge in [0.25, 0.3) is 0 Å². The number of thiocarbonyl (C=S) groups is 1. The molecule has 0 radical (unpaired) electrons. The lowest BCUT2D eigenvalue weighted by Gasteiger charge is -2.35. The van der Waals surface area contributed by atoms with Crippen LogP contribution in [0.1, 0.15) is 47.0 Å². The van der Waals surface area contributed by atoms with Crippen LogP contribution in [-0.2, 0) is 4.74 Å². The summed E-state index contributed by atoms with van der Waals surface area (Å²) in [6.07, 6.45) is 3.68. The van der Waals surface area contributed by atoms with Gasteiger partial charge in [-0.1, -0.05) is 0 Å². The van der Waals surface area contributed by atoms with E-state index in [4.69, 9.17) is 26.9 Å². The molecule has 2 aliphatic rings. The van der Waals surface area contributed by atoms with Gasteiger partial charge in [0.05, 0.1) is 13.2 Å². The van der Waals surface area contributed by atoms with Crippen LogP contribution in [0.4, 0.5) is 17.6 Å². The molecule has 2 aliphatic heterocycles. The van der Waals surface area contributed by atoms with E-state index in [0.717, 1.165) is 44.5 Å². The van der Waals surface area contributed by atoms with Gasteiger partial charge in [-0.3, -0.25) is 0 Å². The molecule has 1 aromatic rings. The van der Waals surface area contributed by atoms with Gasteiger partial charge in [-0.25, -0.2) is 0 Å². The molecule has 3 rings (SSSR count). The van der Waals surface area contributed by atoms with E-state index in [1.54, 1.807) is 0 Å². The van der Waals surface area contributed by atoms with Crippen LogP contribution in [0, 0.1) is 0 Å². The molecule has 27 heavy (non-hydrogen) atoms. The quantitative estimate of drug-likeness (QED) is 0.762. The van der Waals surface area contributed by atoms with E-state index in [0.29, 0.717) is 17.1 Å². The van der Waals surface area contributed by atoms with Crippen molar-refractivity contribution in [2.75, 3.05) is 48.0 Å². The van der Waals surface area contributed by atoms with Gasteiger partial charge < -0.3 is 25.2 Å². The predicted molar refractivity (Wildman–Crippen MR) is 115 cm³/mol. The summed E-state index contributed by atoms with van der Waals surface area (Å²) in [7, 11) is 0. The van der Waals surface area contributed by atoms with E-state index in [9.17, 15) is 0 Å². The lowest BCUT2D eigenvalue weighted by atomic mass is 10.0. The SMILES string of the molecule is C[C@H]1CCCCN1c1cc(N2CCOCC2)nc(NC(=S)NC(C)(C)C)n1. The Bertz CT molecular complexity index is 656. The summed E-state index contributed by atoms with van der Waals surface area (Å²) >= 11 is 5.46. The molecule has 1 atom stereocenters. The molecular formula is C19H32N6OS. The van der Waals surface area contributed by atoms with Crippen LogP contribution in [0.2, 0.25) is 0 Å². The zero-order valence-electron chi connectivity index (χ0n) is 16.9. The first-order valence-electron chi connectivity index (χ1n) is 9.89. The third-order valence-corrected chi connectivity index (χ3v) is 5.05. The Balaban J connectivity index is 1.86. The molecule has 0 amide bonds. The van der Waals surface area contributed by atoms with E-state index in [1.165, 1.54) is 19.3 Å². The number of piperidine rings is 1. The Kier molecular flexibility index (Phi) is 6.37. The van der Waals surface area contributed by atoms with Gasteiger partial charge in [0.2, 0.25) is 5.95 Å². The normalized spacial score (nSPS) is 21.1. The largest absolute Gasteiger partial charge is 0.378 e. The second-order valence-electron chi connectivity index (χ2n) is 8.37. The monoisotopic (exact) mass is 392 g/mol. The van der Waals surface area contributed by atoms with Gasteiger partial charge in [-0.05, 0) is 59.2 Å². The summed E-state index contributed by atoms with van der Waals surface area (Å²) in [5.74, 6) is 2.45. The van der Waals surface area contributed by atoms with E-state index in [2.05, 4.69) is 54.2 Å². The van der Waals surface area contributed by atoms with Crippen molar-refractivity contribution in [2.45, 2.75) is 58.5 Å². The van der Waals surface area contributed by atoms with Crippen LogP contribution in [0.15, 0.2) is 6.07 Å². The van der Waals surface area contributed by atoms with E-state index in [1.807, 2.05) is 0 Å². The molecule has 2 saturated heterocycles. The highest BCUT2D eigenvalue weighted by Crippen LogP contribution is 2.27. The van der Waals surface area contributed by atoms with E-state index >= 15 is 0 Å². The van der Waals surface area contributed by atoms with Crippen LogP contribution < -0.4 is 20.4 Å². The standard InChI is InChI=1S/C19H32N6OS/c1-14-7-5-6-8-25(14)16-13-15(24-9-11-26-12-10-24)20-17(21-16)22-18(27)23-19(2,3)4/h13-14H,5-12H2,1-4H3,(H2,20,21,22,23,27)/t14-/m0/s1.